The van der Waals surface area contributed by atoms with E-state index in [0.29, 0.717) is 12.1 Å². The average molecular weight is 473 g/mol. The summed E-state index contributed by atoms with van der Waals surface area (Å²) in [5, 5.41) is 14.5. The van der Waals surface area contributed by atoms with E-state index in [1.807, 2.05) is 24.3 Å². The smallest absolute Gasteiger partial charge is 0.411 e. The zero-order valence-electron chi connectivity index (χ0n) is 19.5. The van der Waals surface area contributed by atoms with Crippen LogP contribution in [0, 0.1) is 5.92 Å². The highest BCUT2D eigenvalue weighted by atomic mass is 16.5. The number of rotatable bonds is 9. The molecular weight excluding hydrogens is 444 g/mol. The number of carboxylic acids is 1. The summed E-state index contributed by atoms with van der Waals surface area (Å²) < 4.78 is 5.56. The Morgan fingerprint density at radius 1 is 0.914 bits per heavy atom. The van der Waals surface area contributed by atoms with Crippen molar-refractivity contribution in [2.75, 3.05) is 18.5 Å². The Morgan fingerprint density at radius 2 is 1.51 bits per heavy atom. The van der Waals surface area contributed by atoms with Crippen LogP contribution in [0.4, 0.5) is 10.5 Å². The summed E-state index contributed by atoms with van der Waals surface area (Å²) in [4.78, 5) is 35.6. The average Bonchev–Trinajstić information content (AvgIpc) is 3.18. The number of carboxylic acid groups (broad SMARTS) is 1. The summed E-state index contributed by atoms with van der Waals surface area (Å²) in [7, 11) is 0. The van der Waals surface area contributed by atoms with Crippen LogP contribution >= 0.6 is 0 Å². The van der Waals surface area contributed by atoms with Gasteiger partial charge in [0.25, 0.3) is 0 Å². The third-order valence-corrected chi connectivity index (χ3v) is 6.30. The SMILES string of the molecule is CCC(CNC(=O)Cc1ccc(NC(=O)OCC2c3ccccc3-c3ccccc32)cc1)C(=O)O. The van der Waals surface area contributed by atoms with E-state index in [1.165, 1.54) is 11.1 Å². The number of benzene rings is 3. The number of carbonyl (C=O) groups is 3. The van der Waals surface area contributed by atoms with E-state index in [1.54, 1.807) is 31.2 Å². The van der Waals surface area contributed by atoms with Crippen molar-refractivity contribution in [3.8, 4) is 11.1 Å². The molecule has 1 aliphatic carbocycles. The van der Waals surface area contributed by atoms with Gasteiger partial charge in [0.05, 0.1) is 12.3 Å². The van der Waals surface area contributed by atoms with Crippen LogP contribution in [-0.2, 0) is 20.7 Å². The normalized spacial score (nSPS) is 12.8. The molecule has 0 spiro atoms. The van der Waals surface area contributed by atoms with Gasteiger partial charge in [-0.05, 0) is 46.4 Å². The minimum Gasteiger partial charge on any atom is -0.481 e. The molecule has 0 radical (unpaired) electrons. The van der Waals surface area contributed by atoms with Crippen LogP contribution in [0.3, 0.4) is 0 Å². The fraction of sp³-hybridized carbons (Fsp3) is 0.250. The molecule has 3 aromatic rings. The van der Waals surface area contributed by atoms with E-state index >= 15 is 0 Å². The molecule has 0 heterocycles. The van der Waals surface area contributed by atoms with E-state index in [2.05, 4.69) is 34.9 Å². The van der Waals surface area contributed by atoms with Crippen molar-refractivity contribution in [1.29, 1.82) is 0 Å². The molecule has 7 heteroatoms. The molecular formula is C28H28N2O5. The minimum atomic E-state index is -0.920. The van der Waals surface area contributed by atoms with Crippen LogP contribution in [0.1, 0.15) is 36.0 Å². The van der Waals surface area contributed by atoms with Crippen molar-refractivity contribution in [3.63, 3.8) is 0 Å². The van der Waals surface area contributed by atoms with Crippen LogP contribution in [0.15, 0.2) is 72.8 Å². The van der Waals surface area contributed by atoms with Gasteiger partial charge < -0.3 is 15.2 Å². The molecule has 2 amide bonds. The molecule has 0 bridgehead atoms. The number of carbonyl (C=O) groups excluding carboxylic acids is 2. The maximum atomic E-state index is 12.4. The van der Waals surface area contributed by atoms with Crippen LogP contribution in [0.2, 0.25) is 0 Å². The summed E-state index contributed by atoms with van der Waals surface area (Å²) in [5.74, 6) is -1.77. The standard InChI is InChI=1S/C28H28N2O5/c1-2-19(27(32)33)16-29-26(31)15-18-11-13-20(14-12-18)30-28(34)35-17-25-23-9-5-3-7-21(23)22-8-4-6-10-24(22)25/h3-14,19,25H,2,15-17H2,1H3,(H,29,31)(H,30,34)(H,32,33). The minimum absolute atomic E-state index is 0.0116. The lowest BCUT2D eigenvalue weighted by Gasteiger charge is -2.15. The van der Waals surface area contributed by atoms with E-state index < -0.39 is 18.0 Å². The van der Waals surface area contributed by atoms with E-state index in [4.69, 9.17) is 9.84 Å². The van der Waals surface area contributed by atoms with Gasteiger partial charge in [-0.2, -0.15) is 0 Å². The first kappa shape index (κ1) is 24.0. The predicted octanol–water partition coefficient (Wildman–Crippen LogP) is 4.82. The van der Waals surface area contributed by atoms with Gasteiger partial charge in [0.15, 0.2) is 0 Å². The number of aliphatic carboxylic acids is 1. The maximum Gasteiger partial charge on any atom is 0.411 e. The van der Waals surface area contributed by atoms with Gasteiger partial charge in [0.1, 0.15) is 6.61 Å². The van der Waals surface area contributed by atoms with Crippen molar-refractivity contribution >= 4 is 23.7 Å². The molecule has 3 aromatic carbocycles. The van der Waals surface area contributed by atoms with Crippen molar-refractivity contribution in [3.05, 3.63) is 89.5 Å². The van der Waals surface area contributed by atoms with Crippen molar-refractivity contribution < 1.29 is 24.2 Å². The number of hydrogen-bond donors (Lipinski definition) is 3. The molecule has 4 rings (SSSR count). The third kappa shape index (κ3) is 5.69. The lowest BCUT2D eigenvalue weighted by atomic mass is 9.98. The first-order valence-corrected chi connectivity index (χ1v) is 11.7. The van der Waals surface area contributed by atoms with Crippen LogP contribution < -0.4 is 10.6 Å². The molecule has 0 saturated carbocycles. The number of hydrogen-bond acceptors (Lipinski definition) is 4. The van der Waals surface area contributed by atoms with E-state index in [0.717, 1.165) is 16.7 Å². The molecule has 180 valence electrons. The zero-order chi connectivity index (χ0) is 24.8. The highest BCUT2D eigenvalue weighted by Gasteiger charge is 2.29. The number of fused-ring (bicyclic) bond motifs is 3. The number of amides is 2. The Hall–Kier alpha value is -4.13. The second kappa shape index (κ2) is 10.9. The molecule has 0 aliphatic heterocycles. The molecule has 0 saturated heterocycles. The first-order chi connectivity index (χ1) is 17.0. The summed E-state index contributed by atoms with van der Waals surface area (Å²) in [6.45, 7) is 2.10. The molecule has 1 aliphatic rings. The van der Waals surface area contributed by atoms with Crippen molar-refractivity contribution in [2.45, 2.75) is 25.7 Å². The van der Waals surface area contributed by atoms with E-state index in [9.17, 15) is 14.4 Å². The van der Waals surface area contributed by atoms with Crippen molar-refractivity contribution in [1.82, 2.24) is 5.32 Å². The van der Waals surface area contributed by atoms with Crippen LogP contribution in [-0.4, -0.2) is 36.2 Å². The van der Waals surface area contributed by atoms with Gasteiger partial charge in [-0.15, -0.1) is 0 Å². The van der Waals surface area contributed by atoms with Gasteiger partial charge in [-0.3, -0.25) is 14.9 Å². The lowest BCUT2D eigenvalue weighted by Crippen LogP contribution is -2.33. The molecule has 1 atom stereocenters. The highest BCUT2D eigenvalue weighted by Crippen LogP contribution is 2.44. The Morgan fingerprint density at radius 3 is 2.09 bits per heavy atom. The van der Waals surface area contributed by atoms with Crippen molar-refractivity contribution in [2.24, 2.45) is 5.92 Å². The van der Waals surface area contributed by atoms with Gasteiger partial charge in [0, 0.05) is 18.2 Å². The summed E-state index contributed by atoms with van der Waals surface area (Å²) in [6.07, 6.45) is 0.0317. The topological polar surface area (TPSA) is 105 Å². The summed E-state index contributed by atoms with van der Waals surface area (Å²) in [6, 6.07) is 23.2. The van der Waals surface area contributed by atoms with Gasteiger partial charge in [-0.25, -0.2) is 4.79 Å². The Bertz CT molecular complexity index is 1180. The van der Waals surface area contributed by atoms with Crippen LogP contribution in [0.25, 0.3) is 11.1 Å². The molecule has 1 unspecified atom stereocenters. The second-order valence-corrected chi connectivity index (χ2v) is 8.57. The van der Waals surface area contributed by atoms with Gasteiger partial charge in [-0.1, -0.05) is 67.6 Å². The quantitative estimate of drug-likeness (QED) is 0.414. The third-order valence-electron chi connectivity index (χ3n) is 6.30. The molecule has 0 fully saturated rings. The largest absolute Gasteiger partial charge is 0.481 e. The monoisotopic (exact) mass is 472 g/mol. The summed E-state index contributed by atoms with van der Waals surface area (Å²) in [5.41, 5.74) is 5.96. The number of nitrogens with one attached hydrogen (secondary N) is 2. The highest BCUT2D eigenvalue weighted by molar-refractivity contribution is 5.85. The molecule has 35 heavy (non-hydrogen) atoms. The van der Waals surface area contributed by atoms with Crippen LogP contribution in [0.5, 0.6) is 0 Å². The fourth-order valence-electron chi connectivity index (χ4n) is 4.35. The molecule has 7 nitrogen and oxygen atoms in total. The molecule has 0 aromatic heterocycles. The van der Waals surface area contributed by atoms with E-state index in [-0.39, 0.29) is 31.4 Å². The number of ether oxygens (including phenoxy) is 1. The zero-order valence-corrected chi connectivity index (χ0v) is 19.5. The Kier molecular flexibility index (Phi) is 7.45. The Balaban J connectivity index is 1.29. The van der Waals surface area contributed by atoms with Gasteiger partial charge >= 0.3 is 12.1 Å². The Labute approximate surface area is 204 Å². The predicted molar refractivity (Wildman–Crippen MR) is 133 cm³/mol. The first-order valence-electron chi connectivity index (χ1n) is 11.7. The summed E-state index contributed by atoms with van der Waals surface area (Å²) >= 11 is 0. The maximum absolute atomic E-state index is 12.4. The number of anilines is 1. The second-order valence-electron chi connectivity index (χ2n) is 8.57. The molecule has 3 N–H and O–H groups in total. The van der Waals surface area contributed by atoms with Gasteiger partial charge in [0.2, 0.25) is 5.91 Å². The lowest BCUT2D eigenvalue weighted by molar-refractivity contribution is -0.141. The fourth-order valence-corrected chi connectivity index (χ4v) is 4.35.